The lowest BCUT2D eigenvalue weighted by Crippen LogP contribution is -2.24. The molecule has 1 atom stereocenters. The van der Waals surface area contributed by atoms with Crippen molar-refractivity contribution in [2.24, 2.45) is 11.7 Å². The van der Waals surface area contributed by atoms with Gasteiger partial charge in [-0.3, -0.25) is 4.90 Å². The number of hydrogen-bond donors (Lipinski definition) is 1. The Hall–Kier alpha value is -1.21. The van der Waals surface area contributed by atoms with Gasteiger partial charge in [0.05, 0.1) is 0 Å². The first-order chi connectivity index (χ1) is 8.90. The van der Waals surface area contributed by atoms with E-state index in [1.165, 1.54) is 6.20 Å². The van der Waals surface area contributed by atoms with Crippen molar-refractivity contribution in [2.75, 3.05) is 19.6 Å². The monoisotopic (exact) mass is 274 g/mol. The highest BCUT2D eigenvalue weighted by Crippen LogP contribution is 2.26. The largest absolute Gasteiger partial charge is 0.451 e. The quantitative estimate of drug-likeness (QED) is 0.909. The van der Waals surface area contributed by atoms with Crippen LogP contribution in [0.1, 0.15) is 23.5 Å². The van der Waals surface area contributed by atoms with Crippen molar-refractivity contribution in [2.45, 2.75) is 26.1 Å². The second-order valence-corrected chi connectivity index (χ2v) is 4.93. The minimum absolute atomic E-state index is 0.388. The van der Waals surface area contributed by atoms with E-state index in [9.17, 15) is 13.2 Å². The SMILES string of the molecule is Cc1nc(C(F)(F)F)ncc1CN1CCC(CN)C1. The van der Waals surface area contributed by atoms with Crippen molar-refractivity contribution in [3.05, 3.63) is 23.3 Å². The molecule has 1 aliphatic heterocycles. The van der Waals surface area contributed by atoms with E-state index in [4.69, 9.17) is 5.73 Å². The molecule has 7 heteroatoms. The summed E-state index contributed by atoms with van der Waals surface area (Å²) in [6.45, 7) is 4.63. The molecule has 0 aliphatic carbocycles. The van der Waals surface area contributed by atoms with Gasteiger partial charge in [-0.05, 0) is 32.4 Å². The van der Waals surface area contributed by atoms with Crippen LogP contribution in [0, 0.1) is 12.8 Å². The molecule has 2 rings (SSSR count). The minimum Gasteiger partial charge on any atom is -0.330 e. The van der Waals surface area contributed by atoms with Gasteiger partial charge in [-0.2, -0.15) is 13.2 Å². The summed E-state index contributed by atoms with van der Waals surface area (Å²) in [6, 6.07) is 0. The van der Waals surface area contributed by atoms with Gasteiger partial charge < -0.3 is 5.73 Å². The van der Waals surface area contributed by atoms with Crippen molar-refractivity contribution >= 4 is 0 Å². The molecule has 0 bridgehead atoms. The van der Waals surface area contributed by atoms with Crippen molar-refractivity contribution < 1.29 is 13.2 Å². The van der Waals surface area contributed by atoms with E-state index in [2.05, 4.69) is 14.9 Å². The van der Waals surface area contributed by atoms with Crippen molar-refractivity contribution in [1.82, 2.24) is 14.9 Å². The van der Waals surface area contributed by atoms with Crippen LogP contribution in [0.15, 0.2) is 6.20 Å². The summed E-state index contributed by atoms with van der Waals surface area (Å²) in [5.74, 6) is -0.592. The Labute approximate surface area is 109 Å². The third-order valence-corrected chi connectivity index (χ3v) is 3.43. The van der Waals surface area contributed by atoms with E-state index in [0.717, 1.165) is 25.1 Å². The number of nitrogens with zero attached hydrogens (tertiary/aromatic N) is 3. The molecule has 4 nitrogen and oxygen atoms in total. The zero-order chi connectivity index (χ0) is 14.0. The molecule has 0 radical (unpaired) electrons. The molecule has 1 aromatic rings. The van der Waals surface area contributed by atoms with Crippen LogP contribution in [0.5, 0.6) is 0 Å². The van der Waals surface area contributed by atoms with Gasteiger partial charge in [-0.15, -0.1) is 0 Å². The maximum atomic E-state index is 12.5. The third kappa shape index (κ3) is 3.42. The van der Waals surface area contributed by atoms with Gasteiger partial charge in [0.2, 0.25) is 5.82 Å². The Morgan fingerprint density at radius 2 is 2.21 bits per heavy atom. The lowest BCUT2D eigenvalue weighted by atomic mass is 10.1. The molecule has 2 N–H and O–H groups in total. The number of likely N-dealkylation sites (tertiary alicyclic amines) is 1. The predicted molar refractivity (Wildman–Crippen MR) is 64.2 cm³/mol. The fraction of sp³-hybridized carbons (Fsp3) is 0.667. The van der Waals surface area contributed by atoms with Crippen LogP contribution < -0.4 is 5.73 Å². The summed E-state index contributed by atoms with van der Waals surface area (Å²) < 4.78 is 37.4. The van der Waals surface area contributed by atoms with Gasteiger partial charge in [0, 0.05) is 30.5 Å². The summed E-state index contributed by atoms with van der Waals surface area (Å²) >= 11 is 0. The van der Waals surface area contributed by atoms with E-state index >= 15 is 0 Å². The number of hydrogen-bond acceptors (Lipinski definition) is 4. The van der Waals surface area contributed by atoms with Crippen LogP contribution in [0.3, 0.4) is 0 Å². The number of halogens is 3. The molecule has 1 aromatic heterocycles. The number of nitrogens with two attached hydrogens (primary N) is 1. The molecule has 1 unspecified atom stereocenters. The number of rotatable bonds is 3. The Morgan fingerprint density at radius 3 is 2.74 bits per heavy atom. The fourth-order valence-corrected chi connectivity index (χ4v) is 2.27. The predicted octanol–water partition coefficient (Wildman–Crippen LogP) is 1.58. The number of aromatic nitrogens is 2. The molecule has 0 aromatic carbocycles. The van der Waals surface area contributed by atoms with E-state index in [1.807, 2.05) is 0 Å². The first kappa shape index (κ1) is 14.2. The van der Waals surface area contributed by atoms with Gasteiger partial charge in [0.25, 0.3) is 0 Å². The Morgan fingerprint density at radius 1 is 1.47 bits per heavy atom. The van der Waals surface area contributed by atoms with Crippen LogP contribution in [0.4, 0.5) is 13.2 Å². The lowest BCUT2D eigenvalue weighted by Gasteiger charge is -2.17. The first-order valence-electron chi connectivity index (χ1n) is 6.22. The van der Waals surface area contributed by atoms with Gasteiger partial charge >= 0.3 is 6.18 Å². The van der Waals surface area contributed by atoms with Crippen molar-refractivity contribution in [3.63, 3.8) is 0 Å². The lowest BCUT2D eigenvalue weighted by molar-refractivity contribution is -0.145. The van der Waals surface area contributed by atoms with E-state index in [1.54, 1.807) is 6.92 Å². The molecular formula is C12H17F3N4. The second kappa shape index (κ2) is 5.42. The van der Waals surface area contributed by atoms with Gasteiger partial charge in [0.1, 0.15) is 0 Å². The van der Waals surface area contributed by atoms with Gasteiger partial charge in [-0.25, -0.2) is 9.97 Å². The van der Waals surface area contributed by atoms with Crippen LogP contribution in [0.2, 0.25) is 0 Å². The van der Waals surface area contributed by atoms with E-state index in [0.29, 0.717) is 24.7 Å². The average molecular weight is 274 g/mol. The zero-order valence-corrected chi connectivity index (χ0v) is 10.7. The van der Waals surface area contributed by atoms with Crippen molar-refractivity contribution in [3.8, 4) is 0 Å². The van der Waals surface area contributed by atoms with Crippen LogP contribution in [-0.4, -0.2) is 34.5 Å². The Bertz CT molecular complexity index is 447. The second-order valence-electron chi connectivity index (χ2n) is 4.93. The molecule has 1 saturated heterocycles. The normalized spacial score (nSPS) is 21.0. The molecule has 0 spiro atoms. The number of aryl methyl sites for hydroxylation is 1. The van der Waals surface area contributed by atoms with Crippen LogP contribution in [-0.2, 0) is 12.7 Å². The van der Waals surface area contributed by atoms with Gasteiger partial charge in [-0.1, -0.05) is 0 Å². The Balaban J connectivity index is 2.06. The van der Waals surface area contributed by atoms with Gasteiger partial charge in [0.15, 0.2) is 0 Å². The average Bonchev–Trinajstić information content (AvgIpc) is 2.78. The highest BCUT2D eigenvalue weighted by Gasteiger charge is 2.35. The first-order valence-corrected chi connectivity index (χ1v) is 6.22. The summed E-state index contributed by atoms with van der Waals surface area (Å²) in [5.41, 5.74) is 6.74. The topological polar surface area (TPSA) is 55.0 Å². The molecule has 0 saturated carbocycles. The Kier molecular flexibility index (Phi) is 4.05. The summed E-state index contributed by atoms with van der Waals surface area (Å²) in [6.07, 6.45) is -2.17. The number of alkyl halides is 3. The molecular weight excluding hydrogens is 257 g/mol. The molecule has 19 heavy (non-hydrogen) atoms. The highest BCUT2D eigenvalue weighted by atomic mass is 19.4. The highest BCUT2D eigenvalue weighted by molar-refractivity contribution is 5.17. The molecule has 1 fully saturated rings. The maximum absolute atomic E-state index is 12.5. The third-order valence-electron chi connectivity index (χ3n) is 3.43. The van der Waals surface area contributed by atoms with Crippen molar-refractivity contribution in [1.29, 1.82) is 0 Å². The molecule has 2 heterocycles. The molecule has 1 aliphatic rings. The van der Waals surface area contributed by atoms with E-state index in [-0.39, 0.29) is 0 Å². The molecule has 0 amide bonds. The maximum Gasteiger partial charge on any atom is 0.451 e. The summed E-state index contributed by atoms with van der Waals surface area (Å²) in [7, 11) is 0. The smallest absolute Gasteiger partial charge is 0.330 e. The zero-order valence-electron chi connectivity index (χ0n) is 10.7. The molecule has 106 valence electrons. The van der Waals surface area contributed by atoms with E-state index < -0.39 is 12.0 Å². The fourth-order valence-electron chi connectivity index (χ4n) is 2.27. The summed E-state index contributed by atoms with van der Waals surface area (Å²) in [4.78, 5) is 9.12. The van der Waals surface area contributed by atoms with Crippen LogP contribution >= 0.6 is 0 Å². The van der Waals surface area contributed by atoms with Crippen LogP contribution in [0.25, 0.3) is 0 Å². The standard InChI is InChI=1S/C12H17F3N4/c1-8-10(5-17-11(18-8)12(13,14)15)7-19-3-2-9(4-16)6-19/h5,9H,2-4,6-7,16H2,1H3. The summed E-state index contributed by atoms with van der Waals surface area (Å²) in [5, 5.41) is 0. The minimum atomic E-state index is -4.48.